The topological polar surface area (TPSA) is 70.6 Å². The second-order valence-corrected chi connectivity index (χ2v) is 5.92. The molecule has 0 bridgehead atoms. The lowest BCUT2D eigenvalue weighted by Crippen LogP contribution is -2.22. The van der Waals surface area contributed by atoms with Crippen LogP contribution in [0.5, 0.6) is 0 Å². The van der Waals surface area contributed by atoms with Crippen molar-refractivity contribution in [2.75, 3.05) is 11.9 Å². The molecule has 3 heterocycles. The van der Waals surface area contributed by atoms with Gasteiger partial charge in [0.25, 0.3) is 0 Å². The van der Waals surface area contributed by atoms with Gasteiger partial charge < -0.3 is 9.88 Å². The van der Waals surface area contributed by atoms with Gasteiger partial charge in [0.1, 0.15) is 17.8 Å². The summed E-state index contributed by atoms with van der Waals surface area (Å²) in [6.45, 7) is 2.16. The number of fused-ring (bicyclic) bond motifs is 1. The van der Waals surface area contributed by atoms with Crippen LogP contribution in [0, 0.1) is 0 Å². The van der Waals surface area contributed by atoms with E-state index in [1.54, 1.807) is 12.4 Å². The Bertz CT molecular complexity index is 995. The van der Waals surface area contributed by atoms with E-state index in [0.717, 1.165) is 22.4 Å². The number of benzene rings is 1. The van der Waals surface area contributed by atoms with Crippen LogP contribution in [0.3, 0.4) is 0 Å². The molecule has 1 N–H and O–H groups in total. The predicted molar refractivity (Wildman–Crippen MR) is 98.2 cm³/mol. The highest BCUT2D eigenvalue weighted by Gasteiger charge is 2.15. The molecule has 0 aliphatic carbocycles. The summed E-state index contributed by atoms with van der Waals surface area (Å²) in [5.74, 6) is 1.53. The third-order valence-corrected chi connectivity index (χ3v) is 4.46. The van der Waals surface area contributed by atoms with Gasteiger partial charge in [-0.1, -0.05) is 30.3 Å². The summed E-state index contributed by atoms with van der Waals surface area (Å²) in [6, 6.07) is 12.5. The average Bonchev–Trinajstić information content (AvgIpc) is 3.12. The molecule has 25 heavy (non-hydrogen) atoms. The van der Waals surface area contributed by atoms with Crippen LogP contribution in [0.2, 0.25) is 0 Å². The van der Waals surface area contributed by atoms with Crippen molar-refractivity contribution in [2.24, 2.45) is 0 Å². The van der Waals surface area contributed by atoms with Crippen LogP contribution in [0.25, 0.3) is 22.4 Å². The highest BCUT2D eigenvalue weighted by atomic mass is 15.2. The molecule has 0 aliphatic rings. The van der Waals surface area contributed by atoms with Crippen LogP contribution in [-0.4, -0.2) is 32.0 Å². The number of nitrogens with one attached hydrogen (secondary N) is 1. The van der Waals surface area contributed by atoms with Crippen molar-refractivity contribution in [1.29, 1.82) is 0 Å². The molecular weight excluding hydrogens is 312 g/mol. The molecule has 0 unspecified atom stereocenters. The summed E-state index contributed by atoms with van der Waals surface area (Å²) in [7, 11) is 2.04. The molecule has 4 rings (SSSR count). The molecule has 3 aromatic heterocycles. The Morgan fingerprint density at radius 3 is 2.76 bits per heavy atom. The first-order chi connectivity index (χ1) is 12.2. The van der Waals surface area contributed by atoms with Crippen molar-refractivity contribution in [2.45, 2.75) is 13.0 Å². The van der Waals surface area contributed by atoms with E-state index >= 15 is 0 Å². The zero-order valence-corrected chi connectivity index (χ0v) is 14.1. The van der Waals surface area contributed by atoms with E-state index in [1.165, 1.54) is 11.9 Å². The second kappa shape index (κ2) is 6.32. The Morgan fingerprint density at radius 1 is 1.08 bits per heavy atom. The maximum Gasteiger partial charge on any atom is 0.163 e. The highest BCUT2D eigenvalue weighted by molar-refractivity contribution is 5.90. The van der Waals surface area contributed by atoms with E-state index in [1.807, 2.05) is 25.4 Å². The molecule has 0 saturated carbocycles. The highest BCUT2D eigenvalue weighted by Crippen LogP contribution is 2.27. The third kappa shape index (κ3) is 2.82. The van der Waals surface area contributed by atoms with E-state index in [9.17, 15) is 0 Å². The van der Waals surface area contributed by atoms with Crippen LogP contribution in [-0.2, 0) is 0 Å². The van der Waals surface area contributed by atoms with E-state index in [4.69, 9.17) is 4.98 Å². The third-order valence-electron chi connectivity index (χ3n) is 4.46. The fourth-order valence-electron chi connectivity index (χ4n) is 2.87. The van der Waals surface area contributed by atoms with Gasteiger partial charge >= 0.3 is 0 Å². The predicted octanol–water partition coefficient (Wildman–Crippen LogP) is 3.61. The number of aromatic amines is 1. The largest absolute Gasteiger partial charge is 0.353 e. The number of aromatic nitrogens is 5. The molecule has 6 nitrogen and oxygen atoms in total. The van der Waals surface area contributed by atoms with Crippen molar-refractivity contribution < 1.29 is 0 Å². The smallest absolute Gasteiger partial charge is 0.163 e. The van der Waals surface area contributed by atoms with Crippen molar-refractivity contribution in [3.8, 4) is 11.4 Å². The molecule has 0 saturated heterocycles. The Kier molecular flexibility index (Phi) is 3.85. The lowest BCUT2D eigenvalue weighted by atomic mass is 10.1. The van der Waals surface area contributed by atoms with Crippen molar-refractivity contribution >= 4 is 16.9 Å². The molecule has 0 radical (unpaired) electrons. The number of hydrogen-bond donors (Lipinski definition) is 1. The minimum atomic E-state index is 0.204. The van der Waals surface area contributed by atoms with Crippen molar-refractivity contribution in [3.63, 3.8) is 0 Å². The van der Waals surface area contributed by atoms with Crippen molar-refractivity contribution in [1.82, 2.24) is 24.9 Å². The Morgan fingerprint density at radius 2 is 1.92 bits per heavy atom. The summed E-state index contributed by atoms with van der Waals surface area (Å²) in [4.78, 5) is 22.8. The van der Waals surface area contributed by atoms with E-state index in [0.29, 0.717) is 5.82 Å². The molecule has 0 spiro atoms. The standard InChI is InChI=1S/C19H18N6/c1-13(14-6-4-3-5-7-14)25(2)17-8-9-21-19(24-17)16-11-22-18-15(16)10-20-12-23-18/h3-13H,1-2H3,(H,20,22,23)/t13-/m1/s1. The summed E-state index contributed by atoms with van der Waals surface area (Å²) in [5, 5.41) is 0.915. The van der Waals surface area contributed by atoms with Gasteiger partial charge in [0, 0.05) is 36.6 Å². The van der Waals surface area contributed by atoms with Gasteiger partial charge in [0.2, 0.25) is 0 Å². The zero-order chi connectivity index (χ0) is 17.2. The van der Waals surface area contributed by atoms with Gasteiger partial charge in [-0.25, -0.2) is 19.9 Å². The molecule has 4 aromatic rings. The number of hydrogen-bond acceptors (Lipinski definition) is 5. The molecular formula is C19H18N6. The number of anilines is 1. The first-order valence-electron chi connectivity index (χ1n) is 8.12. The molecule has 6 heteroatoms. The normalized spacial score (nSPS) is 12.2. The van der Waals surface area contributed by atoms with Crippen LogP contribution >= 0.6 is 0 Å². The van der Waals surface area contributed by atoms with Gasteiger partial charge in [0.05, 0.1) is 6.04 Å². The van der Waals surface area contributed by atoms with Crippen LogP contribution in [0.15, 0.2) is 61.3 Å². The lowest BCUT2D eigenvalue weighted by Gasteiger charge is -2.26. The Hall–Kier alpha value is -3.28. The molecule has 1 aromatic carbocycles. The average molecular weight is 330 g/mol. The fraction of sp³-hybridized carbons (Fsp3) is 0.158. The van der Waals surface area contributed by atoms with Crippen LogP contribution < -0.4 is 4.90 Å². The summed E-state index contributed by atoms with van der Waals surface area (Å²) in [5.41, 5.74) is 2.92. The SMILES string of the molecule is C[C@H](c1ccccc1)N(C)c1ccnc(-c2c[nH]c3ncncc23)n1. The second-order valence-electron chi connectivity index (χ2n) is 5.92. The maximum absolute atomic E-state index is 4.75. The number of H-pyrrole nitrogens is 1. The van der Waals surface area contributed by atoms with Gasteiger partial charge in [-0.3, -0.25) is 0 Å². The van der Waals surface area contributed by atoms with Gasteiger partial charge in [-0.05, 0) is 18.6 Å². The Balaban J connectivity index is 1.70. The van der Waals surface area contributed by atoms with E-state index < -0.39 is 0 Å². The molecule has 0 aliphatic heterocycles. The fourth-order valence-corrected chi connectivity index (χ4v) is 2.87. The quantitative estimate of drug-likeness (QED) is 0.619. The van der Waals surface area contributed by atoms with E-state index in [-0.39, 0.29) is 6.04 Å². The number of nitrogens with zero attached hydrogens (tertiary/aromatic N) is 5. The Labute approximate surface area is 145 Å². The zero-order valence-electron chi connectivity index (χ0n) is 14.1. The monoisotopic (exact) mass is 330 g/mol. The number of rotatable bonds is 4. The van der Waals surface area contributed by atoms with Crippen LogP contribution in [0.4, 0.5) is 5.82 Å². The minimum absolute atomic E-state index is 0.204. The van der Waals surface area contributed by atoms with Gasteiger partial charge in [-0.2, -0.15) is 0 Å². The van der Waals surface area contributed by atoms with Gasteiger partial charge in [-0.15, -0.1) is 0 Å². The van der Waals surface area contributed by atoms with Crippen molar-refractivity contribution in [3.05, 3.63) is 66.9 Å². The molecule has 0 fully saturated rings. The lowest BCUT2D eigenvalue weighted by molar-refractivity contribution is 0.728. The molecule has 124 valence electrons. The minimum Gasteiger partial charge on any atom is -0.353 e. The molecule has 1 atom stereocenters. The maximum atomic E-state index is 4.75. The van der Waals surface area contributed by atoms with E-state index in [2.05, 4.69) is 56.0 Å². The summed E-state index contributed by atoms with van der Waals surface area (Å²) >= 11 is 0. The summed E-state index contributed by atoms with van der Waals surface area (Å²) < 4.78 is 0. The first-order valence-corrected chi connectivity index (χ1v) is 8.12. The first kappa shape index (κ1) is 15.3. The molecule has 0 amide bonds. The summed E-state index contributed by atoms with van der Waals surface area (Å²) in [6.07, 6.45) is 6.96. The van der Waals surface area contributed by atoms with Crippen LogP contribution in [0.1, 0.15) is 18.5 Å². The van der Waals surface area contributed by atoms with Gasteiger partial charge in [0.15, 0.2) is 5.82 Å².